The zero-order valence-electron chi connectivity index (χ0n) is 16.6. The van der Waals surface area contributed by atoms with Gasteiger partial charge in [0.1, 0.15) is 12.1 Å². The molecule has 10 nitrogen and oxygen atoms in total. The number of nitrogens with one attached hydrogen (secondary N) is 2. The number of piperazine rings is 1. The van der Waals surface area contributed by atoms with Crippen LogP contribution in [0.5, 0.6) is 0 Å². The van der Waals surface area contributed by atoms with Crippen molar-refractivity contribution in [1.29, 1.82) is 0 Å². The Balaban J connectivity index is 1.76. The summed E-state index contributed by atoms with van der Waals surface area (Å²) in [6, 6.07) is -2.87. The van der Waals surface area contributed by atoms with Crippen LogP contribution < -0.4 is 22.1 Å². The second-order valence-corrected chi connectivity index (χ2v) is 9.19. The summed E-state index contributed by atoms with van der Waals surface area (Å²) >= 11 is 12.4. The van der Waals surface area contributed by atoms with Crippen LogP contribution in [-0.4, -0.2) is 94.5 Å². The predicted octanol–water partition coefficient (Wildman–Crippen LogP) is -1.92. The summed E-state index contributed by atoms with van der Waals surface area (Å²) in [7, 11) is 0. The van der Waals surface area contributed by atoms with Crippen molar-refractivity contribution < 1.29 is 19.2 Å². The van der Waals surface area contributed by atoms with E-state index in [1.807, 2.05) is 0 Å². The molecule has 0 radical (unpaired) electrons. The van der Waals surface area contributed by atoms with Gasteiger partial charge in [-0.1, -0.05) is 0 Å². The first-order valence-electron chi connectivity index (χ1n) is 10.1. The molecule has 0 saturated carbocycles. The fourth-order valence-electron chi connectivity index (χ4n) is 4.56. The first-order valence-corrected chi connectivity index (χ1v) is 11.0. The van der Waals surface area contributed by atoms with Crippen LogP contribution in [0.25, 0.3) is 0 Å². The van der Waals surface area contributed by atoms with Gasteiger partial charge >= 0.3 is 0 Å². The molecule has 0 bridgehead atoms. The third-order valence-corrected chi connectivity index (χ3v) is 6.77. The second-order valence-electron chi connectivity index (χ2n) is 7.96. The van der Waals surface area contributed by atoms with E-state index in [9.17, 15) is 19.2 Å². The largest absolute Gasteiger partial charge is 0.341 e. The lowest BCUT2D eigenvalue weighted by molar-refractivity contribution is -0.147. The van der Waals surface area contributed by atoms with Crippen molar-refractivity contribution in [1.82, 2.24) is 20.4 Å². The quantitative estimate of drug-likeness (QED) is 0.357. The molecule has 3 saturated heterocycles. The van der Waals surface area contributed by atoms with Crippen molar-refractivity contribution in [2.45, 2.75) is 60.6 Å². The summed E-state index contributed by atoms with van der Waals surface area (Å²) in [6.45, 7) is 0.124. The van der Waals surface area contributed by atoms with E-state index in [0.717, 1.165) is 0 Å². The molecule has 0 aromatic heterocycles. The molecule has 0 spiro atoms. The average Bonchev–Trinajstić information content (AvgIpc) is 2.74. The van der Waals surface area contributed by atoms with Gasteiger partial charge < -0.3 is 31.9 Å². The Morgan fingerprint density at radius 1 is 0.800 bits per heavy atom. The number of amides is 4. The van der Waals surface area contributed by atoms with E-state index >= 15 is 0 Å². The van der Waals surface area contributed by atoms with Gasteiger partial charge in [-0.2, -0.15) is 0 Å². The number of halogens is 2. The molecular formula is C18H28Cl2N6O4. The molecule has 12 heteroatoms. The van der Waals surface area contributed by atoms with E-state index in [4.69, 9.17) is 34.7 Å². The van der Waals surface area contributed by atoms with Crippen molar-refractivity contribution in [3.63, 3.8) is 0 Å². The number of likely N-dealkylation sites (tertiary alicyclic amines) is 2. The minimum absolute atomic E-state index is 0.206. The standard InChI is InChI=1S/C18H28Cl2N6O4/c19-9-1-3-11(25(7-9)13(27)5-21)15-17(29)24-16(18(30)23-15)12-4-2-10(20)8-26(12)14(28)6-22/h9-12,15-16H,1-8,21-22H2,(H,23,30)(H,24,29). The Labute approximate surface area is 184 Å². The minimum Gasteiger partial charge on any atom is -0.341 e. The molecular weight excluding hydrogens is 435 g/mol. The van der Waals surface area contributed by atoms with Gasteiger partial charge in [-0.3, -0.25) is 19.2 Å². The number of nitrogens with zero attached hydrogens (tertiary/aromatic N) is 2. The summed E-state index contributed by atoms with van der Waals surface area (Å²) in [4.78, 5) is 53.4. The number of carbonyl (C=O) groups excluding carboxylic acids is 4. The van der Waals surface area contributed by atoms with E-state index in [1.165, 1.54) is 9.80 Å². The predicted molar refractivity (Wildman–Crippen MR) is 111 cm³/mol. The van der Waals surface area contributed by atoms with Gasteiger partial charge in [-0.05, 0) is 25.7 Å². The summed E-state index contributed by atoms with van der Waals surface area (Å²) in [5, 5.41) is 5.07. The van der Waals surface area contributed by atoms with Crippen LogP contribution in [0.3, 0.4) is 0 Å². The highest BCUT2D eigenvalue weighted by atomic mass is 35.5. The average molecular weight is 463 g/mol. The van der Waals surface area contributed by atoms with Crippen LogP contribution in [0.1, 0.15) is 25.7 Å². The maximum Gasteiger partial charge on any atom is 0.245 e. The highest BCUT2D eigenvalue weighted by Crippen LogP contribution is 2.27. The number of hydrogen-bond donors (Lipinski definition) is 4. The minimum atomic E-state index is -0.906. The first-order chi connectivity index (χ1) is 14.3. The Morgan fingerprint density at radius 3 is 1.50 bits per heavy atom. The molecule has 4 amide bonds. The lowest BCUT2D eigenvalue weighted by Gasteiger charge is -2.46. The Morgan fingerprint density at radius 2 is 1.17 bits per heavy atom. The summed E-state index contributed by atoms with van der Waals surface area (Å²) in [5.74, 6) is -1.45. The van der Waals surface area contributed by atoms with Crippen LogP contribution in [0, 0.1) is 0 Å². The molecule has 0 aromatic carbocycles. The highest BCUT2D eigenvalue weighted by Gasteiger charge is 2.47. The molecule has 3 heterocycles. The van der Waals surface area contributed by atoms with Gasteiger partial charge in [0.05, 0.1) is 35.9 Å². The van der Waals surface area contributed by atoms with Gasteiger partial charge in [-0.25, -0.2) is 0 Å². The highest BCUT2D eigenvalue weighted by molar-refractivity contribution is 6.21. The third-order valence-electron chi connectivity index (χ3n) is 6.06. The molecule has 3 aliphatic rings. The fraction of sp³-hybridized carbons (Fsp3) is 0.778. The van der Waals surface area contributed by atoms with Crippen LogP contribution in [-0.2, 0) is 19.2 Å². The Bertz CT molecular complexity index is 652. The number of hydrogen-bond acceptors (Lipinski definition) is 6. The molecule has 0 aliphatic carbocycles. The van der Waals surface area contributed by atoms with E-state index < -0.39 is 36.0 Å². The number of rotatable bonds is 4. The number of alkyl halides is 2. The molecule has 6 N–H and O–H groups in total. The zero-order chi connectivity index (χ0) is 22.0. The third kappa shape index (κ3) is 4.66. The zero-order valence-corrected chi connectivity index (χ0v) is 18.1. The summed E-state index contributed by atoms with van der Waals surface area (Å²) < 4.78 is 0. The van der Waals surface area contributed by atoms with Crippen molar-refractivity contribution >= 4 is 46.8 Å². The van der Waals surface area contributed by atoms with Crippen molar-refractivity contribution in [3.8, 4) is 0 Å². The Kier molecular flexibility index (Phi) is 7.43. The molecule has 6 unspecified atom stereocenters. The summed E-state index contributed by atoms with van der Waals surface area (Å²) in [5.41, 5.74) is 11.0. The SMILES string of the molecule is NCC(=O)N1CC(Cl)CCC1C1NC(=O)C(C2CCC(Cl)CN2C(=O)CN)NC1=O. The van der Waals surface area contributed by atoms with Crippen LogP contribution >= 0.6 is 23.2 Å². The normalized spacial score (nSPS) is 34.9. The number of piperidine rings is 2. The number of nitrogens with two attached hydrogens (primary N) is 2. The van der Waals surface area contributed by atoms with Gasteiger partial charge in [0.25, 0.3) is 0 Å². The van der Waals surface area contributed by atoms with Crippen LogP contribution in [0.15, 0.2) is 0 Å². The van der Waals surface area contributed by atoms with Gasteiger partial charge in [0, 0.05) is 13.1 Å². The molecule has 168 valence electrons. The van der Waals surface area contributed by atoms with Crippen LogP contribution in [0.4, 0.5) is 0 Å². The topological polar surface area (TPSA) is 151 Å². The first kappa shape index (κ1) is 23.1. The molecule has 30 heavy (non-hydrogen) atoms. The van der Waals surface area contributed by atoms with Gasteiger partial charge in [-0.15, -0.1) is 23.2 Å². The van der Waals surface area contributed by atoms with Crippen molar-refractivity contribution in [3.05, 3.63) is 0 Å². The number of carbonyl (C=O) groups is 4. The molecule has 0 aromatic rings. The lowest BCUT2D eigenvalue weighted by atomic mass is 9.89. The van der Waals surface area contributed by atoms with E-state index in [1.54, 1.807) is 0 Å². The smallest absolute Gasteiger partial charge is 0.245 e. The summed E-state index contributed by atoms with van der Waals surface area (Å²) in [6.07, 6.45) is 2.17. The monoisotopic (exact) mass is 462 g/mol. The van der Waals surface area contributed by atoms with Gasteiger partial charge in [0.2, 0.25) is 23.6 Å². The molecule has 3 aliphatic heterocycles. The maximum atomic E-state index is 13.0. The maximum absolute atomic E-state index is 13.0. The van der Waals surface area contributed by atoms with Crippen LogP contribution in [0.2, 0.25) is 0 Å². The molecule has 3 rings (SSSR count). The van der Waals surface area contributed by atoms with Crippen molar-refractivity contribution in [2.75, 3.05) is 26.2 Å². The van der Waals surface area contributed by atoms with Crippen molar-refractivity contribution in [2.24, 2.45) is 11.5 Å². The van der Waals surface area contributed by atoms with E-state index in [2.05, 4.69) is 10.6 Å². The van der Waals surface area contributed by atoms with E-state index in [-0.39, 0.29) is 48.7 Å². The second kappa shape index (κ2) is 9.67. The fourth-order valence-corrected chi connectivity index (χ4v) is 5.10. The molecule has 3 fully saturated rings. The van der Waals surface area contributed by atoms with Gasteiger partial charge in [0.15, 0.2) is 0 Å². The lowest BCUT2D eigenvalue weighted by Crippen LogP contribution is -2.73. The van der Waals surface area contributed by atoms with E-state index in [0.29, 0.717) is 25.7 Å². The Hall–Kier alpha value is -1.62. The molecule has 6 atom stereocenters.